The summed E-state index contributed by atoms with van der Waals surface area (Å²) in [6.45, 7) is 5.76. The third-order valence-corrected chi connectivity index (χ3v) is 4.88. The molecule has 1 fully saturated rings. The highest BCUT2D eigenvalue weighted by atomic mass is 16.5. The van der Waals surface area contributed by atoms with Gasteiger partial charge in [0.1, 0.15) is 6.04 Å². The Morgan fingerprint density at radius 3 is 2.42 bits per heavy atom. The minimum Gasteiger partial charge on any atom is -0.467 e. The molecule has 2 rings (SSSR count). The van der Waals surface area contributed by atoms with Gasteiger partial charge in [0, 0.05) is 11.6 Å². The highest BCUT2D eigenvalue weighted by Crippen LogP contribution is 2.25. The molecule has 0 saturated carbocycles. The Bertz CT molecular complexity index is 541. The first kappa shape index (κ1) is 18.5. The zero-order valence-electron chi connectivity index (χ0n) is 14.8. The Morgan fingerprint density at radius 2 is 1.88 bits per heavy atom. The largest absolute Gasteiger partial charge is 0.467 e. The van der Waals surface area contributed by atoms with Crippen molar-refractivity contribution in [3.63, 3.8) is 0 Å². The van der Waals surface area contributed by atoms with Crippen LogP contribution in [0.3, 0.4) is 0 Å². The third-order valence-electron chi connectivity index (χ3n) is 4.88. The summed E-state index contributed by atoms with van der Waals surface area (Å²) >= 11 is 0. The molecule has 2 atom stereocenters. The Labute approximate surface area is 144 Å². The summed E-state index contributed by atoms with van der Waals surface area (Å²) in [6.07, 6.45) is 2.51. The number of nitrogens with zero attached hydrogens (tertiary/aromatic N) is 1. The number of ether oxygens (including phenoxy) is 1. The van der Waals surface area contributed by atoms with Gasteiger partial charge in [-0.2, -0.15) is 0 Å². The number of nitrogens with one attached hydrogen (secondary N) is 1. The molecule has 5 heteroatoms. The molecule has 1 N–H and O–H groups in total. The molecule has 1 heterocycles. The highest BCUT2D eigenvalue weighted by Gasteiger charge is 2.39. The lowest BCUT2D eigenvalue weighted by Crippen LogP contribution is -2.56. The second-order valence-electron chi connectivity index (χ2n) is 6.41. The van der Waals surface area contributed by atoms with Crippen molar-refractivity contribution < 1.29 is 14.3 Å². The molecule has 0 unspecified atom stereocenters. The van der Waals surface area contributed by atoms with Gasteiger partial charge < -0.3 is 15.0 Å². The molecule has 0 radical (unpaired) electrons. The standard InChI is InChI=1S/C19H28N2O3/c1-4-14(2)17(19(23)24-3)21(16-10-12-20-13-11-16)18(22)15-8-6-5-7-9-15/h5-9,14,16-17,20H,4,10-13H2,1-3H3/t14-,17-/m0/s1. The third kappa shape index (κ3) is 4.15. The van der Waals surface area contributed by atoms with Crippen molar-refractivity contribution in [2.24, 2.45) is 5.92 Å². The molecular formula is C19H28N2O3. The van der Waals surface area contributed by atoms with Crippen LogP contribution >= 0.6 is 0 Å². The van der Waals surface area contributed by atoms with Crippen LogP contribution in [0.5, 0.6) is 0 Å². The molecule has 5 nitrogen and oxygen atoms in total. The number of benzene rings is 1. The van der Waals surface area contributed by atoms with E-state index < -0.39 is 6.04 Å². The second kappa shape index (κ2) is 8.83. The maximum Gasteiger partial charge on any atom is 0.328 e. The van der Waals surface area contributed by atoms with E-state index in [9.17, 15) is 9.59 Å². The molecule has 1 aliphatic heterocycles. The predicted molar refractivity (Wildman–Crippen MR) is 93.8 cm³/mol. The van der Waals surface area contributed by atoms with Crippen molar-refractivity contribution in [2.45, 2.75) is 45.2 Å². The van der Waals surface area contributed by atoms with Gasteiger partial charge in [0.25, 0.3) is 5.91 Å². The van der Waals surface area contributed by atoms with Crippen molar-refractivity contribution in [3.8, 4) is 0 Å². The van der Waals surface area contributed by atoms with Crippen molar-refractivity contribution in [1.29, 1.82) is 0 Å². The lowest BCUT2D eigenvalue weighted by molar-refractivity contribution is -0.149. The fraction of sp³-hybridized carbons (Fsp3) is 0.579. The average Bonchev–Trinajstić information content (AvgIpc) is 2.65. The zero-order chi connectivity index (χ0) is 17.5. The van der Waals surface area contributed by atoms with E-state index >= 15 is 0 Å². The van der Waals surface area contributed by atoms with Crippen LogP contribution in [-0.2, 0) is 9.53 Å². The van der Waals surface area contributed by atoms with E-state index in [1.807, 2.05) is 32.0 Å². The van der Waals surface area contributed by atoms with E-state index in [-0.39, 0.29) is 23.8 Å². The highest BCUT2D eigenvalue weighted by molar-refractivity contribution is 5.97. The molecule has 0 aromatic heterocycles. The van der Waals surface area contributed by atoms with Crippen LogP contribution in [0.1, 0.15) is 43.5 Å². The van der Waals surface area contributed by atoms with Gasteiger partial charge in [0.05, 0.1) is 7.11 Å². The van der Waals surface area contributed by atoms with Crippen LogP contribution in [0.4, 0.5) is 0 Å². The number of carbonyl (C=O) groups is 2. The number of esters is 1. The smallest absolute Gasteiger partial charge is 0.328 e. The minimum atomic E-state index is -0.546. The lowest BCUT2D eigenvalue weighted by Gasteiger charge is -2.41. The maximum absolute atomic E-state index is 13.2. The number of rotatable bonds is 6. The first-order valence-electron chi connectivity index (χ1n) is 8.76. The molecule has 1 aromatic rings. The molecule has 1 saturated heterocycles. The number of methoxy groups -OCH3 is 1. The number of carbonyl (C=O) groups excluding carboxylic acids is 2. The molecule has 24 heavy (non-hydrogen) atoms. The quantitative estimate of drug-likeness (QED) is 0.813. The topological polar surface area (TPSA) is 58.6 Å². The van der Waals surface area contributed by atoms with Crippen LogP contribution in [0.15, 0.2) is 30.3 Å². The molecule has 0 spiro atoms. The van der Waals surface area contributed by atoms with Gasteiger partial charge in [-0.15, -0.1) is 0 Å². The summed E-state index contributed by atoms with van der Waals surface area (Å²) in [4.78, 5) is 27.5. The van der Waals surface area contributed by atoms with Crippen molar-refractivity contribution in [3.05, 3.63) is 35.9 Å². The fourth-order valence-electron chi connectivity index (χ4n) is 3.30. The van der Waals surface area contributed by atoms with E-state index in [0.29, 0.717) is 5.56 Å². The van der Waals surface area contributed by atoms with Crippen molar-refractivity contribution >= 4 is 11.9 Å². The lowest BCUT2D eigenvalue weighted by atomic mass is 9.92. The predicted octanol–water partition coefficient (Wildman–Crippen LogP) is 2.47. The second-order valence-corrected chi connectivity index (χ2v) is 6.41. The average molecular weight is 332 g/mol. The van der Waals surface area contributed by atoms with Crippen molar-refractivity contribution in [1.82, 2.24) is 10.2 Å². The summed E-state index contributed by atoms with van der Waals surface area (Å²) in [5, 5.41) is 3.32. The molecule has 1 amide bonds. The first-order valence-corrected chi connectivity index (χ1v) is 8.76. The molecule has 0 aliphatic carbocycles. The zero-order valence-corrected chi connectivity index (χ0v) is 14.8. The summed E-state index contributed by atoms with van der Waals surface area (Å²) in [7, 11) is 1.39. The van der Waals surface area contributed by atoms with Gasteiger partial charge >= 0.3 is 5.97 Å². The van der Waals surface area contributed by atoms with Gasteiger partial charge in [-0.3, -0.25) is 4.79 Å². The number of piperidine rings is 1. The molecule has 132 valence electrons. The number of amides is 1. The summed E-state index contributed by atoms with van der Waals surface area (Å²) < 4.78 is 5.04. The van der Waals surface area contributed by atoms with E-state index in [1.54, 1.807) is 17.0 Å². The van der Waals surface area contributed by atoms with Crippen molar-refractivity contribution in [2.75, 3.05) is 20.2 Å². The monoisotopic (exact) mass is 332 g/mol. The van der Waals surface area contributed by atoms with Crippen LogP contribution < -0.4 is 5.32 Å². The normalized spacial score (nSPS) is 17.8. The van der Waals surface area contributed by atoms with Crippen LogP contribution in [0.25, 0.3) is 0 Å². The Kier molecular flexibility index (Phi) is 6.79. The Morgan fingerprint density at radius 1 is 1.25 bits per heavy atom. The van der Waals surface area contributed by atoms with E-state index in [4.69, 9.17) is 4.74 Å². The minimum absolute atomic E-state index is 0.0417. The number of hydrogen-bond acceptors (Lipinski definition) is 4. The molecular weight excluding hydrogens is 304 g/mol. The Hall–Kier alpha value is -1.88. The summed E-state index contributed by atoms with van der Waals surface area (Å²) in [5.74, 6) is -0.370. The van der Waals surface area contributed by atoms with E-state index in [1.165, 1.54) is 7.11 Å². The van der Waals surface area contributed by atoms with Crippen LogP contribution in [-0.4, -0.2) is 49.1 Å². The van der Waals surface area contributed by atoms with E-state index in [0.717, 1.165) is 32.4 Å². The van der Waals surface area contributed by atoms with Gasteiger partial charge in [-0.25, -0.2) is 4.79 Å². The number of hydrogen-bond donors (Lipinski definition) is 1. The first-order chi connectivity index (χ1) is 11.6. The van der Waals surface area contributed by atoms with Gasteiger partial charge in [0.15, 0.2) is 0 Å². The molecule has 1 aromatic carbocycles. The SMILES string of the molecule is CC[C@H](C)[C@@H](C(=O)OC)N(C(=O)c1ccccc1)C1CCNCC1. The molecule has 1 aliphatic rings. The van der Waals surface area contributed by atoms with E-state index in [2.05, 4.69) is 5.32 Å². The van der Waals surface area contributed by atoms with Gasteiger partial charge in [-0.05, 0) is 44.0 Å². The summed E-state index contributed by atoms with van der Waals surface area (Å²) in [5.41, 5.74) is 0.619. The maximum atomic E-state index is 13.2. The summed E-state index contributed by atoms with van der Waals surface area (Å²) in [6, 6.07) is 8.71. The Balaban J connectivity index is 2.39. The fourth-order valence-corrected chi connectivity index (χ4v) is 3.30. The molecule has 0 bridgehead atoms. The van der Waals surface area contributed by atoms with Gasteiger partial charge in [0.2, 0.25) is 0 Å². The van der Waals surface area contributed by atoms with Crippen LogP contribution in [0, 0.1) is 5.92 Å². The van der Waals surface area contributed by atoms with Gasteiger partial charge in [-0.1, -0.05) is 38.5 Å². The van der Waals surface area contributed by atoms with Crippen LogP contribution in [0.2, 0.25) is 0 Å².